The molecule has 0 radical (unpaired) electrons. The van der Waals surface area contributed by atoms with Crippen molar-refractivity contribution in [3.05, 3.63) is 35.4 Å². The van der Waals surface area contributed by atoms with Crippen LogP contribution in [-0.2, 0) is 4.79 Å². The lowest BCUT2D eigenvalue weighted by atomic mass is 10.1. The summed E-state index contributed by atoms with van der Waals surface area (Å²) in [5, 5.41) is 17.6. The highest BCUT2D eigenvalue weighted by molar-refractivity contribution is 6.01. The zero-order valence-electron chi connectivity index (χ0n) is 9.69. The molecule has 1 aromatic rings. The molecule has 0 amide bonds. The molecule has 3 heteroatoms. The van der Waals surface area contributed by atoms with Gasteiger partial charge in [-0.3, -0.25) is 4.79 Å². The second-order valence-corrected chi connectivity index (χ2v) is 2.82. The van der Waals surface area contributed by atoms with Gasteiger partial charge in [0.05, 0.1) is 5.57 Å². The lowest BCUT2D eigenvalue weighted by Gasteiger charge is -1.95. The summed E-state index contributed by atoms with van der Waals surface area (Å²) in [7, 11) is 0. The third kappa shape index (κ3) is 4.43. The second kappa shape index (κ2) is 7.24. The van der Waals surface area contributed by atoms with Crippen LogP contribution >= 0.6 is 0 Å². The molecule has 1 aromatic carbocycles. The zero-order chi connectivity index (χ0) is 12.6. The first-order valence-electron chi connectivity index (χ1n) is 5.05. The maximum Gasteiger partial charge on any atom is 0.170 e. The summed E-state index contributed by atoms with van der Waals surface area (Å²) < 4.78 is 0. The summed E-state index contributed by atoms with van der Waals surface area (Å²) >= 11 is 0. The average molecular weight is 217 g/mol. The summed E-state index contributed by atoms with van der Waals surface area (Å²) in [6.07, 6.45) is 1.49. The van der Waals surface area contributed by atoms with E-state index in [0.717, 1.165) is 5.56 Å². The molecule has 0 saturated heterocycles. The summed E-state index contributed by atoms with van der Waals surface area (Å²) in [5.41, 5.74) is 0.824. The van der Waals surface area contributed by atoms with Crippen molar-refractivity contribution in [2.75, 3.05) is 0 Å². The van der Waals surface area contributed by atoms with Crippen LogP contribution in [0.5, 0.6) is 5.75 Å². The highest BCUT2D eigenvalue weighted by Crippen LogP contribution is 2.12. The second-order valence-electron chi connectivity index (χ2n) is 2.82. The van der Waals surface area contributed by atoms with Gasteiger partial charge in [0.25, 0.3) is 0 Å². The van der Waals surface area contributed by atoms with Crippen LogP contribution in [0, 0.1) is 11.3 Å². The van der Waals surface area contributed by atoms with E-state index in [1.54, 1.807) is 12.1 Å². The topological polar surface area (TPSA) is 61.1 Å². The smallest absolute Gasteiger partial charge is 0.170 e. The van der Waals surface area contributed by atoms with Crippen LogP contribution in [0.2, 0.25) is 0 Å². The van der Waals surface area contributed by atoms with E-state index in [2.05, 4.69) is 0 Å². The Bertz CT molecular complexity index is 411. The number of hydrogen-bond acceptors (Lipinski definition) is 3. The number of carbonyl (C=O) groups is 1. The number of rotatable bonds is 2. The van der Waals surface area contributed by atoms with Gasteiger partial charge in [-0.1, -0.05) is 26.0 Å². The van der Waals surface area contributed by atoms with Crippen molar-refractivity contribution < 1.29 is 9.90 Å². The predicted octanol–water partition coefficient (Wildman–Crippen LogP) is 2.91. The molecule has 0 bridgehead atoms. The predicted molar refractivity (Wildman–Crippen MR) is 63.7 cm³/mol. The molecule has 84 valence electrons. The van der Waals surface area contributed by atoms with Crippen molar-refractivity contribution in [2.24, 2.45) is 0 Å². The number of nitrogens with zero attached hydrogens (tertiary/aromatic N) is 1. The Hall–Kier alpha value is -2.08. The fraction of sp³-hybridized carbons (Fsp3) is 0.231. The van der Waals surface area contributed by atoms with E-state index in [0.29, 0.717) is 0 Å². The van der Waals surface area contributed by atoms with Crippen molar-refractivity contribution >= 4 is 11.9 Å². The van der Waals surface area contributed by atoms with Gasteiger partial charge in [-0.2, -0.15) is 5.26 Å². The van der Waals surface area contributed by atoms with Crippen LogP contribution in [-0.4, -0.2) is 10.9 Å². The molecule has 0 aliphatic heterocycles. The minimum absolute atomic E-state index is 0.107. The summed E-state index contributed by atoms with van der Waals surface area (Å²) in [4.78, 5) is 10.9. The van der Waals surface area contributed by atoms with E-state index < -0.39 is 0 Å². The van der Waals surface area contributed by atoms with Gasteiger partial charge in [0.15, 0.2) is 5.78 Å². The Labute approximate surface area is 95.7 Å². The molecule has 1 N–H and O–H groups in total. The van der Waals surface area contributed by atoms with Crippen LogP contribution in [0.15, 0.2) is 29.8 Å². The summed E-state index contributed by atoms with van der Waals surface area (Å²) in [6.45, 7) is 5.34. The maximum atomic E-state index is 10.9. The highest BCUT2D eigenvalue weighted by atomic mass is 16.3. The van der Waals surface area contributed by atoms with E-state index in [1.807, 2.05) is 19.9 Å². The molecule has 0 aliphatic rings. The third-order valence-corrected chi connectivity index (χ3v) is 1.70. The first kappa shape index (κ1) is 13.9. The fourth-order valence-electron chi connectivity index (χ4n) is 0.950. The normalized spacial score (nSPS) is 9.75. The Morgan fingerprint density at radius 2 is 1.81 bits per heavy atom. The molecule has 0 fully saturated rings. The highest BCUT2D eigenvalue weighted by Gasteiger charge is 2.01. The van der Waals surface area contributed by atoms with Crippen LogP contribution in [0.25, 0.3) is 6.08 Å². The molecular formula is C13H15NO2. The van der Waals surface area contributed by atoms with E-state index in [1.165, 1.54) is 25.1 Å². The lowest BCUT2D eigenvalue weighted by molar-refractivity contribution is -0.113. The number of ketones is 1. The van der Waals surface area contributed by atoms with Crippen molar-refractivity contribution in [1.29, 1.82) is 5.26 Å². The van der Waals surface area contributed by atoms with E-state index in [-0.39, 0.29) is 17.1 Å². The number of hydrogen-bond donors (Lipinski definition) is 1. The Morgan fingerprint density at radius 1 is 1.31 bits per heavy atom. The third-order valence-electron chi connectivity index (χ3n) is 1.70. The van der Waals surface area contributed by atoms with Crippen LogP contribution in [0.3, 0.4) is 0 Å². The minimum atomic E-state index is -0.263. The molecule has 0 spiro atoms. The number of phenols is 1. The molecule has 0 unspecified atom stereocenters. The van der Waals surface area contributed by atoms with Gasteiger partial charge in [0.1, 0.15) is 11.8 Å². The van der Waals surface area contributed by atoms with E-state index >= 15 is 0 Å². The van der Waals surface area contributed by atoms with Crippen LogP contribution in [0.4, 0.5) is 0 Å². The molecule has 16 heavy (non-hydrogen) atoms. The number of carbonyl (C=O) groups excluding carboxylic acids is 1. The number of allylic oxidation sites excluding steroid dienone is 1. The molecular weight excluding hydrogens is 202 g/mol. The number of aromatic hydroxyl groups is 1. The summed E-state index contributed by atoms with van der Waals surface area (Å²) in [5.74, 6) is -0.107. The van der Waals surface area contributed by atoms with E-state index in [4.69, 9.17) is 10.4 Å². The fourth-order valence-corrected chi connectivity index (χ4v) is 0.950. The van der Waals surface area contributed by atoms with Gasteiger partial charge in [0, 0.05) is 0 Å². The number of nitriles is 1. The molecule has 0 saturated carbocycles. The maximum absolute atomic E-state index is 10.9. The Kier molecular flexibility index (Phi) is 6.30. The molecule has 0 heterocycles. The molecule has 0 aromatic heterocycles. The average Bonchev–Trinajstić information content (AvgIpc) is 2.30. The zero-order valence-corrected chi connectivity index (χ0v) is 9.69. The van der Waals surface area contributed by atoms with Crippen molar-refractivity contribution in [2.45, 2.75) is 20.8 Å². The van der Waals surface area contributed by atoms with Gasteiger partial charge >= 0.3 is 0 Å². The number of phenolic OH excluding ortho intramolecular Hbond substituents is 1. The Morgan fingerprint density at radius 3 is 2.19 bits per heavy atom. The van der Waals surface area contributed by atoms with Crippen molar-refractivity contribution in [3.8, 4) is 11.8 Å². The van der Waals surface area contributed by atoms with Crippen LogP contribution < -0.4 is 0 Å². The number of Topliss-reactive ketones (excluding diaryl/α,β-unsaturated/α-hetero) is 1. The lowest BCUT2D eigenvalue weighted by Crippen LogP contribution is -1.92. The molecule has 0 aliphatic carbocycles. The van der Waals surface area contributed by atoms with Crippen molar-refractivity contribution in [3.63, 3.8) is 0 Å². The standard InChI is InChI=1S/C11H9NO2.C2H6/c1-8(13)10(7-12)6-9-2-4-11(14)5-3-9;1-2/h2-6,14H,1H3;1-2H3/b10-6+;. The van der Waals surface area contributed by atoms with Crippen LogP contribution in [0.1, 0.15) is 26.3 Å². The largest absolute Gasteiger partial charge is 0.508 e. The van der Waals surface area contributed by atoms with Gasteiger partial charge in [-0.25, -0.2) is 0 Å². The SMILES string of the molecule is CC.CC(=O)/C(C#N)=C/c1ccc(O)cc1. The molecule has 3 nitrogen and oxygen atoms in total. The Balaban J connectivity index is 0.00000106. The van der Waals surface area contributed by atoms with Gasteiger partial charge in [-0.05, 0) is 30.7 Å². The van der Waals surface area contributed by atoms with Crippen molar-refractivity contribution in [1.82, 2.24) is 0 Å². The van der Waals surface area contributed by atoms with Gasteiger partial charge in [-0.15, -0.1) is 0 Å². The first-order chi connectivity index (χ1) is 7.63. The van der Waals surface area contributed by atoms with Gasteiger partial charge < -0.3 is 5.11 Å². The minimum Gasteiger partial charge on any atom is -0.508 e. The summed E-state index contributed by atoms with van der Waals surface area (Å²) in [6, 6.07) is 8.08. The molecule has 0 atom stereocenters. The monoisotopic (exact) mass is 217 g/mol. The number of benzene rings is 1. The van der Waals surface area contributed by atoms with E-state index in [9.17, 15) is 4.79 Å². The first-order valence-corrected chi connectivity index (χ1v) is 5.05. The van der Waals surface area contributed by atoms with Gasteiger partial charge in [0.2, 0.25) is 0 Å². The quantitative estimate of drug-likeness (QED) is 0.612. The molecule has 1 rings (SSSR count).